The SMILES string of the molecule is C/C=C/C=C/C=C(C)C.CC(C)=C/C=C/[C@H](O)[C@H](C)O.CCI.[CH3-].[I][V]([I])[I]. The molecule has 0 aliphatic rings. The molecule has 168 valence electrons. The van der Waals surface area contributed by atoms with Crippen LogP contribution in [0, 0.1) is 7.43 Å². The molecule has 0 aromatic carbocycles. The second kappa shape index (κ2) is 33.8. The van der Waals surface area contributed by atoms with E-state index < -0.39 is 12.2 Å². The molecule has 0 bridgehead atoms. The zero-order valence-corrected chi connectivity index (χ0v) is 28.4. The first-order valence-electron chi connectivity index (χ1n) is 8.40. The quantitative estimate of drug-likeness (QED) is 0.126. The summed E-state index contributed by atoms with van der Waals surface area (Å²) in [6.07, 6.45) is 13.9. The van der Waals surface area contributed by atoms with Gasteiger partial charge in [0.2, 0.25) is 0 Å². The maximum atomic E-state index is 9.07. The summed E-state index contributed by atoms with van der Waals surface area (Å²) < 4.78 is 1.22. The van der Waals surface area contributed by atoms with E-state index in [2.05, 4.69) is 109 Å². The predicted octanol–water partition coefficient (Wildman–Crippen LogP) is 8.88. The van der Waals surface area contributed by atoms with Crippen LogP contribution in [-0.4, -0.2) is 26.8 Å². The van der Waals surface area contributed by atoms with Crippen LogP contribution in [0.4, 0.5) is 0 Å². The molecule has 0 saturated heterocycles. The summed E-state index contributed by atoms with van der Waals surface area (Å²) in [6, 6.07) is 0. The molecule has 0 spiro atoms. The van der Waals surface area contributed by atoms with Gasteiger partial charge in [-0.05, 0) is 46.0 Å². The summed E-state index contributed by atoms with van der Waals surface area (Å²) in [6.45, 7) is 13.8. The molecular formula is C21H38I4O2V-. The van der Waals surface area contributed by atoms with E-state index in [-0.39, 0.29) is 12.3 Å². The zero-order chi connectivity index (χ0) is 22.3. The zero-order valence-electron chi connectivity index (χ0n) is 18.3. The molecule has 0 unspecified atom stereocenters. The van der Waals surface area contributed by atoms with Crippen molar-refractivity contribution in [3.63, 3.8) is 0 Å². The second-order valence-corrected chi connectivity index (χ2v) is 42.4. The van der Waals surface area contributed by atoms with Crippen LogP contribution in [0.3, 0.4) is 0 Å². The Morgan fingerprint density at radius 1 is 0.893 bits per heavy atom. The molecule has 0 radical (unpaired) electrons. The topological polar surface area (TPSA) is 40.5 Å². The number of hydrogen-bond donors (Lipinski definition) is 2. The molecule has 28 heavy (non-hydrogen) atoms. The van der Waals surface area contributed by atoms with Crippen molar-refractivity contribution >= 4 is 82.5 Å². The minimum atomic E-state index is -0.759. The average Bonchev–Trinajstić information content (AvgIpc) is 2.51. The van der Waals surface area contributed by atoms with Gasteiger partial charge in [0.1, 0.15) is 0 Å². The van der Waals surface area contributed by atoms with Crippen molar-refractivity contribution in [2.75, 3.05) is 4.43 Å². The summed E-state index contributed by atoms with van der Waals surface area (Å²) in [4.78, 5) is -0.278. The predicted molar refractivity (Wildman–Crippen MR) is 163 cm³/mol. The molecule has 0 aliphatic heterocycles. The molecule has 0 saturated carbocycles. The van der Waals surface area contributed by atoms with E-state index in [1.807, 2.05) is 51.2 Å². The fourth-order valence-corrected chi connectivity index (χ4v) is 0.946. The molecular weight excluding hydrogens is 843 g/mol. The number of aliphatic hydroxyl groups is 2. The van der Waals surface area contributed by atoms with Crippen LogP contribution in [0.25, 0.3) is 0 Å². The molecule has 2 atom stereocenters. The van der Waals surface area contributed by atoms with Crippen molar-refractivity contribution in [1.29, 1.82) is 0 Å². The summed E-state index contributed by atoms with van der Waals surface area (Å²) >= 11 is 9.68. The number of alkyl halides is 1. The Hall–Kier alpha value is 2.12. The van der Waals surface area contributed by atoms with E-state index in [0.717, 1.165) is 0 Å². The normalized spacial score (nSPS) is 11.9. The van der Waals surface area contributed by atoms with Gasteiger partial charge < -0.3 is 17.6 Å². The minimum absolute atomic E-state index is 0. The molecule has 0 rings (SSSR count). The molecule has 7 heteroatoms. The van der Waals surface area contributed by atoms with E-state index >= 15 is 0 Å². The van der Waals surface area contributed by atoms with Gasteiger partial charge in [-0.3, -0.25) is 0 Å². The second-order valence-electron chi connectivity index (χ2n) is 5.47. The van der Waals surface area contributed by atoms with E-state index in [0.29, 0.717) is 0 Å². The van der Waals surface area contributed by atoms with Crippen LogP contribution in [-0.2, 0) is 4.92 Å². The number of rotatable bonds is 5. The van der Waals surface area contributed by atoms with Gasteiger partial charge in [-0.25, -0.2) is 0 Å². The monoisotopic (exact) mass is 881 g/mol. The molecule has 0 aromatic heterocycles. The molecule has 0 amide bonds. The Bertz CT molecular complexity index is 433. The van der Waals surface area contributed by atoms with Crippen LogP contribution >= 0.6 is 82.5 Å². The van der Waals surface area contributed by atoms with E-state index in [1.165, 1.54) is 15.6 Å². The Morgan fingerprint density at radius 3 is 1.54 bits per heavy atom. The van der Waals surface area contributed by atoms with Crippen molar-refractivity contribution in [2.24, 2.45) is 0 Å². The Morgan fingerprint density at radius 2 is 1.25 bits per heavy atom. The Labute approximate surface area is 226 Å². The fourth-order valence-electron chi connectivity index (χ4n) is 0.946. The molecule has 2 N–H and O–H groups in total. The van der Waals surface area contributed by atoms with Crippen molar-refractivity contribution in [2.45, 2.75) is 60.7 Å². The fraction of sp³-hybridized carbons (Fsp3) is 0.476. The first-order valence-corrected chi connectivity index (χ1v) is 23.4. The third-order valence-corrected chi connectivity index (χ3v) is 2.08. The number of allylic oxidation sites excluding steroid dienone is 9. The first kappa shape index (κ1) is 40.5. The van der Waals surface area contributed by atoms with E-state index in [9.17, 15) is 0 Å². The van der Waals surface area contributed by atoms with Crippen molar-refractivity contribution in [3.8, 4) is 0 Å². The Kier molecular flexibility index (Phi) is 48.8. The van der Waals surface area contributed by atoms with Gasteiger partial charge in [0.05, 0.1) is 12.2 Å². The van der Waals surface area contributed by atoms with Crippen molar-refractivity contribution in [3.05, 3.63) is 67.2 Å². The standard InChI is InChI=1S/C9H16O2.C9H14.C2H5I.CH3.3HI.V/c1-7(2)5-4-6-9(11)8(3)10;1-4-5-6-7-8-9(2)3;1-2-3;;;;;/h4-6,8-11H,1-3H3;4-8H,1-3H3;2H2,1H3;1H3;3*1H;/q;;;-1;;;;+3/p-3/b6-4+;5-4+,7-6+;;;;;;/t8-,9-;;;;;;;/m0......./s1. The van der Waals surface area contributed by atoms with Gasteiger partial charge >= 0.3 is 64.9 Å². The summed E-state index contributed by atoms with van der Waals surface area (Å²) in [5.74, 6) is 0. The van der Waals surface area contributed by atoms with Gasteiger partial charge in [0.15, 0.2) is 0 Å². The van der Waals surface area contributed by atoms with Crippen LogP contribution in [0.1, 0.15) is 48.5 Å². The van der Waals surface area contributed by atoms with Crippen LogP contribution in [0.15, 0.2) is 59.8 Å². The first-order chi connectivity index (χ1) is 12.5. The average molecular weight is 881 g/mol. The van der Waals surface area contributed by atoms with Gasteiger partial charge in [0.25, 0.3) is 0 Å². The van der Waals surface area contributed by atoms with E-state index in [1.54, 1.807) is 19.1 Å². The summed E-state index contributed by atoms with van der Waals surface area (Å²) in [5.41, 5.74) is 2.50. The summed E-state index contributed by atoms with van der Waals surface area (Å²) in [7, 11) is 0. The number of aliphatic hydroxyl groups excluding tert-OH is 2. The molecule has 0 aliphatic carbocycles. The molecule has 0 heterocycles. The molecule has 2 nitrogen and oxygen atoms in total. The van der Waals surface area contributed by atoms with Gasteiger partial charge in [0, 0.05) is 0 Å². The van der Waals surface area contributed by atoms with Gasteiger partial charge in [-0.1, -0.05) is 89.3 Å². The van der Waals surface area contributed by atoms with Crippen LogP contribution < -0.4 is 0 Å². The third kappa shape index (κ3) is 63.0. The number of hydrogen-bond acceptors (Lipinski definition) is 2. The maximum absolute atomic E-state index is 9.07. The van der Waals surface area contributed by atoms with E-state index in [4.69, 9.17) is 10.2 Å². The molecule has 0 aromatic rings. The van der Waals surface area contributed by atoms with Crippen molar-refractivity contribution in [1.82, 2.24) is 0 Å². The van der Waals surface area contributed by atoms with Crippen molar-refractivity contribution < 1.29 is 15.1 Å². The third-order valence-electron chi connectivity index (χ3n) is 2.08. The van der Waals surface area contributed by atoms with Crippen LogP contribution in [0.5, 0.6) is 0 Å². The Balaban J connectivity index is -0.0000000931. The van der Waals surface area contributed by atoms with Crippen LogP contribution in [0.2, 0.25) is 0 Å². The van der Waals surface area contributed by atoms with Gasteiger partial charge in [-0.15, -0.1) is 0 Å². The number of halogens is 4. The summed E-state index contributed by atoms with van der Waals surface area (Å²) in [5, 5.41) is 17.9. The van der Waals surface area contributed by atoms with Gasteiger partial charge in [-0.2, -0.15) is 0 Å². The molecule has 0 fully saturated rings.